The maximum absolute atomic E-state index is 11.0. The number of aromatic nitrogens is 2. The summed E-state index contributed by atoms with van der Waals surface area (Å²) in [6.45, 7) is 0. The molecular formula is C12H11ClN2O. The number of fused-ring (bicyclic) bond motifs is 1. The summed E-state index contributed by atoms with van der Waals surface area (Å²) in [5.41, 5.74) is 2.11. The van der Waals surface area contributed by atoms with E-state index in [0.29, 0.717) is 29.6 Å². The zero-order valence-corrected chi connectivity index (χ0v) is 9.66. The smallest absolute Gasteiger partial charge is 0.139 e. The number of aryl methyl sites for hydroxylation is 1. The van der Waals surface area contributed by atoms with Crippen LogP contribution in [0.15, 0.2) is 18.3 Å². The van der Waals surface area contributed by atoms with Crippen molar-refractivity contribution in [2.24, 2.45) is 7.05 Å². The molecule has 82 valence electrons. The summed E-state index contributed by atoms with van der Waals surface area (Å²) in [5, 5.41) is 1.69. The number of rotatable bonds is 1. The molecule has 0 N–H and O–H groups in total. The van der Waals surface area contributed by atoms with E-state index < -0.39 is 0 Å². The van der Waals surface area contributed by atoms with Crippen molar-refractivity contribution < 1.29 is 4.79 Å². The van der Waals surface area contributed by atoms with Gasteiger partial charge in [0.1, 0.15) is 11.4 Å². The van der Waals surface area contributed by atoms with Crippen LogP contribution in [0, 0.1) is 0 Å². The largest absolute Gasteiger partial charge is 0.332 e. The van der Waals surface area contributed by atoms with Crippen molar-refractivity contribution in [3.8, 4) is 0 Å². The van der Waals surface area contributed by atoms with E-state index in [9.17, 15) is 4.79 Å². The Labute approximate surface area is 98.0 Å². The third-order valence-corrected chi connectivity index (χ3v) is 3.44. The van der Waals surface area contributed by atoms with Crippen molar-refractivity contribution in [1.29, 1.82) is 0 Å². The molecule has 0 saturated heterocycles. The van der Waals surface area contributed by atoms with Crippen LogP contribution in [-0.4, -0.2) is 15.3 Å². The lowest BCUT2D eigenvalue weighted by molar-refractivity contribution is -0.124. The molecule has 0 bridgehead atoms. The topological polar surface area (TPSA) is 34.9 Å². The van der Waals surface area contributed by atoms with Crippen LogP contribution in [0.1, 0.15) is 24.5 Å². The van der Waals surface area contributed by atoms with Gasteiger partial charge in [0.2, 0.25) is 0 Å². The summed E-state index contributed by atoms with van der Waals surface area (Å²) in [6, 6.07) is 4.00. The van der Waals surface area contributed by atoms with E-state index in [2.05, 4.69) is 15.6 Å². The number of Topliss-reactive ketones (excluding diaryl/α,β-unsaturated/α-hetero) is 1. The predicted molar refractivity (Wildman–Crippen MR) is 62.7 cm³/mol. The maximum atomic E-state index is 11.0. The van der Waals surface area contributed by atoms with E-state index in [-0.39, 0.29) is 0 Å². The fourth-order valence-corrected chi connectivity index (χ4v) is 2.47. The molecule has 0 aromatic carbocycles. The van der Waals surface area contributed by atoms with E-state index in [1.807, 2.05) is 13.1 Å². The van der Waals surface area contributed by atoms with Gasteiger partial charge < -0.3 is 4.57 Å². The molecule has 2 aromatic rings. The van der Waals surface area contributed by atoms with Crippen molar-refractivity contribution >= 4 is 28.4 Å². The van der Waals surface area contributed by atoms with E-state index >= 15 is 0 Å². The van der Waals surface area contributed by atoms with Gasteiger partial charge in [-0.3, -0.25) is 4.79 Å². The number of nitrogens with zero attached hydrogens (tertiary/aromatic N) is 2. The summed E-state index contributed by atoms with van der Waals surface area (Å²) < 4.78 is 2.06. The van der Waals surface area contributed by atoms with Gasteiger partial charge in [-0.15, -0.1) is 0 Å². The summed E-state index contributed by atoms with van der Waals surface area (Å²) in [4.78, 5) is 15.3. The lowest BCUT2D eigenvalue weighted by atomic mass is 9.81. The van der Waals surface area contributed by atoms with Crippen LogP contribution in [0.25, 0.3) is 11.0 Å². The SMILES string of the molecule is Cn1c(C2CC(=O)C2)cc2cc(Cl)cnc21. The number of hydrogen-bond acceptors (Lipinski definition) is 2. The molecule has 3 rings (SSSR count). The third-order valence-electron chi connectivity index (χ3n) is 3.24. The monoisotopic (exact) mass is 234 g/mol. The minimum atomic E-state index is 0.348. The van der Waals surface area contributed by atoms with Crippen molar-refractivity contribution in [3.05, 3.63) is 29.0 Å². The summed E-state index contributed by atoms with van der Waals surface area (Å²) in [7, 11) is 1.99. The first-order valence-corrected chi connectivity index (χ1v) is 5.65. The Bertz CT molecular complexity index is 580. The molecule has 1 aliphatic rings. The predicted octanol–water partition coefficient (Wildman–Crippen LogP) is 2.67. The number of hydrogen-bond donors (Lipinski definition) is 0. The molecule has 2 heterocycles. The van der Waals surface area contributed by atoms with Crippen LogP contribution in [0.4, 0.5) is 0 Å². The first-order chi connectivity index (χ1) is 7.65. The molecule has 1 aliphatic carbocycles. The zero-order valence-electron chi connectivity index (χ0n) is 8.90. The minimum absolute atomic E-state index is 0.348. The lowest BCUT2D eigenvalue weighted by Gasteiger charge is -2.24. The van der Waals surface area contributed by atoms with E-state index in [1.54, 1.807) is 6.20 Å². The summed E-state index contributed by atoms with van der Waals surface area (Å²) >= 11 is 5.91. The quantitative estimate of drug-likeness (QED) is 0.761. The maximum Gasteiger partial charge on any atom is 0.139 e. The van der Waals surface area contributed by atoms with Crippen molar-refractivity contribution in [2.45, 2.75) is 18.8 Å². The normalized spacial score (nSPS) is 16.8. The van der Waals surface area contributed by atoms with Gasteiger partial charge in [0.05, 0.1) is 5.02 Å². The highest BCUT2D eigenvalue weighted by Crippen LogP contribution is 2.36. The van der Waals surface area contributed by atoms with Crippen LogP contribution in [-0.2, 0) is 11.8 Å². The number of halogens is 1. The van der Waals surface area contributed by atoms with Gasteiger partial charge >= 0.3 is 0 Å². The fourth-order valence-electron chi connectivity index (χ4n) is 2.30. The van der Waals surface area contributed by atoms with Crippen LogP contribution in [0.3, 0.4) is 0 Å². The zero-order chi connectivity index (χ0) is 11.3. The molecular weight excluding hydrogens is 224 g/mol. The molecule has 1 saturated carbocycles. The van der Waals surface area contributed by atoms with Gasteiger partial charge in [-0.2, -0.15) is 0 Å². The molecule has 0 unspecified atom stereocenters. The van der Waals surface area contributed by atoms with Crippen molar-refractivity contribution in [2.75, 3.05) is 0 Å². The van der Waals surface area contributed by atoms with Crippen molar-refractivity contribution in [3.63, 3.8) is 0 Å². The highest BCUT2D eigenvalue weighted by Gasteiger charge is 2.30. The molecule has 0 aliphatic heterocycles. The highest BCUT2D eigenvalue weighted by molar-refractivity contribution is 6.31. The number of pyridine rings is 1. The molecule has 2 aromatic heterocycles. The Kier molecular flexibility index (Phi) is 2.04. The first-order valence-electron chi connectivity index (χ1n) is 5.27. The van der Waals surface area contributed by atoms with Gasteiger partial charge in [0, 0.05) is 43.1 Å². The number of carbonyl (C=O) groups is 1. The number of ketones is 1. The van der Waals surface area contributed by atoms with Crippen LogP contribution >= 0.6 is 11.6 Å². The molecule has 4 heteroatoms. The fraction of sp³-hybridized carbons (Fsp3) is 0.333. The summed E-state index contributed by atoms with van der Waals surface area (Å²) in [5.74, 6) is 0.715. The molecule has 1 fully saturated rings. The highest BCUT2D eigenvalue weighted by atomic mass is 35.5. The second-order valence-corrected chi connectivity index (χ2v) is 4.77. The minimum Gasteiger partial charge on any atom is -0.332 e. The average Bonchev–Trinajstić information content (AvgIpc) is 2.51. The van der Waals surface area contributed by atoms with E-state index in [4.69, 9.17) is 11.6 Å². The van der Waals surface area contributed by atoms with E-state index in [0.717, 1.165) is 11.0 Å². The van der Waals surface area contributed by atoms with Crippen LogP contribution in [0.2, 0.25) is 5.02 Å². The Hall–Kier alpha value is -1.35. The molecule has 0 atom stereocenters. The molecule has 0 spiro atoms. The third kappa shape index (κ3) is 1.35. The first kappa shape index (κ1) is 9.85. The van der Waals surface area contributed by atoms with Gasteiger partial charge in [-0.1, -0.05) is 11.6 Å². The van der Waals surface area contributed by atoms with Gasteiger partial charge in [0.25, 0.3) is 0 Å². The second kappa shape index (κ2) is 3.32. The Morgan fingerprint density at radius 3 is 2.88 bits per heavy atom. The molecule has 3 nitrogen and oxygen atoms in total. The lowest BCUT2D eigenvalue weighted by Crippen LogP contribution is -2.22. The van der Waals surface area contributed by atoms with Crippen LogP contribution < -0.4 is 0 Å². The van der Waals surface area contributed by atoms with Crippen molar-refractivity contribution in [1.82, 2.24) is 9.55 Å². The van der Waals surface area contributed by atoms with Crippen LogP contribution in [0.5, 0.6) is 0 Å². The second-order valence-electron chi connectivity index (χ2n) is 4.34. The Morgan fingerprint density at radius 2 is 2.19 bits per heavy atom. The average molecular weight is 235 g/mol. The van der Waals surface area contributed by atoms with Gasteiger partial charge in [0.15, 0.2) is 0 Å². The Morgan fingerprint density at radius 1 is 1.44 bits per heavy atom. The molecule has 0 amide bonds. The van der Waals surface area contributed by atoms with Gasteiger partial charge in [-0.25, -0.2) is 4.98 Å². The Balaban J connectivity index is 2.12. The standard InChI is InChI=1S/C12H11ClN2O/c1-15-11(7-3-10(16)4-7)5-8-2-9(13)6-14-12(8)15/h2,5-7H,3-4H2,1H3. The molecule has 0 radical (unpaired) electrons. The van der Waals surface area contributed by atoms with Gasteiger partial charge in [-0.05, 0) is 12.1 Å². The van der Waals surface area contributed by atoms with E-state index in [1.165, 1.54) is 5.69 Å². The summed E-state index contributed by atoms with van der Waals surface area (Å²) in [6.07, 6.45) is 2.98. The number of carbonyl (C=O) groups excluding carboxylic acids is 1. The molecule has 16 heavy (non-hydrogen) atoms.